The maximum absolute atomic E-state index is 12.3. The van der Waals surface area contributed by atoms with Crippen molar-refractivity contribution in [3.63, 3.8) is 0 Å². The van der Waals surface area contributed by atoms with E-state index in [1.165, 1.54) is 23.1 Å². The van der Waals surface area contributed by atoms with E-state index in [1.54, 1.807) is 24.3 Å². The third-order valence-corrected chi connectivity index (χ3v) is 4.24. The Kier molecular flexibility index (Phi) is 4.66. The first-order valence-corrected chi connectivity index (χ1v) is 8.01. The van der Waals surface area contributed by atoms with Gasteiger partial charge in [-0.15, -0.1) is 0 Å². The summed E-state index contributed by atoms with van der Waals surface area (Å²) in [6.45, 7) is -0.376. The Bertz CT molecular complexity index is 871. The molecule has 0 fully saturated rings. The van der Waals surface area contributed by atoms with Crippen LogP contribution in [0.3, 0.4) is 0 Å². The number of halogens is 1. The maximum atomic E-state index is 12.3. The number of amides is 2. The van der Waals surface area contributed by atoms with Crippen LogP contribution in [-0.2, 0) is 9.59 Å². The quantitative estimate of drug-likeness (QED) is 0.622. The first kappa shape index (κ1) is 16.9. The van der Waals surface area contributed by atoms with Gasteiger partial charge in [-0.1, -0.05) is 12.1 Å². The maximum Gasteiger partial charge on any atom is 0.271 e. The van der Waals surface area contributed by atoms with Gasteiger partial charge in [-0.2, -0.15) is 0 Å². The molecular weight excluding hydrogens is 394 g/mol. The highest BCUT2D eigenvalue weighted by molar-refractivity contribution is 9.10. The second-order valence-corrected chi connectivity index (χ2v) is 6.06. The Balaban J connectivity index is 1.78. The van der Waals surface area contributed by atoms with Crippen molar-refractivity contribution in [2.75, 3.05) is 23.4 Å². The molecule has 2 aromatic carbocycles. The average molecular weight is 406 g/mol. The summed E-state index contributed by atoms with van der Waals surface area (Å²) < 4.78 is 5.82. The van der Waals surface area contributed by atoms with Crippen LogP contribution in [0.5, 0.6) is 5.75 Å². The number of nitrogens with one attached hydrogen (secondary N) is 1. The van der Waals surface area contributed by atoms with Crippen molar-refractivity contribution in [2.24, 2.45) is 0 Å². The molecule has 3 rings (SSSR count). The van der Waals surface area contributed by atoms with Gasteiger partial charge in [0.2, 0.25) is 5.91 Å². The van der Waals surface area contributed by atoms with Gasteiger partial charge in [0.1, 0.15) is 12.3 Å². The molecule has 0 atom stereocenters. The number of carbonyl (C=O) groups excluding carboxylic acids is 2. The molecule has 1 aliphatic rings. The second-order valence-electron chi connectivity index (χ2n) is 5.21. The summed E-state index contributed by atoms with van der Waals surface area (Å²) in [6, 6.07) is 10.9. The Hall–Kier alpha value is -2.94. The minimum Gasteiger partial charge on any atom is -0.482 e. The number of nitrogens with zero attached hydrogens (tertiary/aromatic N) is 2. The minimum absolute atomic E-state index is 0.147. The zero-order chi connectivity index (χ0) is 18.0. The fourth-order valence-corrected chi connectivity index (χ4v) is 2.73. The monoisotopic (exact) mass is 405 g/mol. The minimum atomic E-state index is -0.552. The Morgan fingerprint density at radius 2 is 2.08 bits per heavy atom. The lowest BCUT2D eigenvalue weighted by Gasteiger charge is -2.28. The average Bonchev–Trinajstić information content (AvgIpc) is 2.59. The Morgan fingerprint density at radius 1 is 1.32 bits per heavy atom. The van der Waals surface area contributed by atoms with Crippen LogP contribution in [0.25, 0.3) is 0 Å². The van der Waals surface area contributed by atoms with Crippen molar-refractivity contribution < 1.29 is 19.2 Å². The molecule has 8 nitrogen and oxygen atoms in total. The number of hydrogen-bond acceptors (Lipinski definition) is 5. The van der Waals surface area contributed by atoms with E-state index in [4.69, 9.17) is 4.74 Å². The summed E-state index contributed by atoms with van der Waals surface area (Å²) in [6.07, 6.45) is 0. The third-order valence-electron chi connectivity index (χ3n) is 3.54. The molecule has 1 aliphatic heterocycles. The van der Waals surface area contributed by atoms with Crippen LogP contribution in [0.15, 0.2) is 46.9 Å². The van der Waals surface area contributed by atoms with Gasteiger partial charge in [-0.3, -0.25) is 24.6 Å². The lowest BCUT2D eigenvalue weighted by Crippen LogP contribution is -2.43. The van der Waals surface area contributed by atoms with E-state index in [9.17, 15) is 19.7 Å². The van der Waals surface area contributed by atoms with Crippen molar-refractivity contribution >= 4 is 44.8 Å². The van der Waals surface area contributed by atoms with Crippen molar-refractivity contribution in [2.45, 2.75) is 0 Å². The van der Waals surface area contributed by atoms with E-state index < -0.39 is 10.8 Å². The summed E-state index contributed by atoms with van der Waals surface area (Å²) in [5, 5.41) is 13.4. The molecule has 25 heavy (non-hydrogen) atoms. The zero-order valence-electron chi connectivity index (χ0n) is 12.8. The lowest BCUT2D eigenvalue weighted by atomic mass is 10.2. The first-order chi connectivity index (χ1) is 12.0. The van der Waals surface area contributed by atoms with Gasteiger partial charge in [-0.25, -0.2) is 0 Å². The topological polar surface area (TPSA) is 102 Å². The number of nitro benzene ring substituents is 1. The van der Waals surface area contributed by atoms with Gasteiger partial charge in [0.15, 0.2) is 6.61 Å². The van der Waals surface area contributed by atoms with Crippen LogP contribution >= 0.6 is 15.9 Å². The smallest absolute Gasteiger partial charge is 0.271 e. The van der Waals surface area contributed by atoms with E-state index in [-0.39, 0.29) is 30.4 Å². The molecule has 1 N–H and O–H groups in total. The van der Waals surface area contributed by atoms with Gasteiger partial charge in [0, 0.05) is 16.6 Å². The highest BCUT2D eigenvalue weighted by Crippen LogP contribution is 2.31. The summed E-state index contributed by atoms with van der Waals surface area (Å²) >= 11 is 3.23. The van der Waals surface area contributed by atoms with Gasteiger partial charge >= 0.3 is 0 Å². The van der Waals surface area contributed by atoms with Crippen molar-refractivity contribution in [1.82, 2.24) is 0 Å². The number of rotatable bonds is 4. The molecule has 0 aliphatic carbocycles. The van der Waals surface area contributed by atoms with E-state index >= 15 is 0 Å². The highest BCUT2D eigenvalue weighted by atomic mass is 79.9. The molecule has 9 heteroatoms. The molecule has 0 spiro atoms. The highest BCUT2D eigenvalue weighted by Gasteiger charge is 2.27. The summed E-state index contributed by atoms with van der Waals surface area (Å²) in [5.41, 5.74) is 0.617. The van der Waals surface area contributed by atoms with E-state index in [1.807, 2.05) is 0 Å². The van der Waals surface area contributed by atoms with Gasteiger partial charge in [0.05, 0.1) is 16.3 Å². The molecule has 2 aromatic rings. The van der Waals surface area contributed by atoms with Gasteiger partial charge < -0.3 is 10.1 Å². The van der Waals surface area contributed by atoms with Crippen LogP contribution in [0.4, 0.5) is 17.1 Å². The van der Waals surface area contributed by atoms with Crippen LogP contribution in [0.2, 0.25) is 0 Å². The molecule has 2 amide bonds. The molecule has 0 unspecified atom stereocenters. The molecule has 0 saturated carbocycles. The van der Waals surface area contributed by atoms with Gasteiger partial charge in [0.25, 0.3) is 11.6 Å². The summed E-state index contributed by atoms with van der Waals surface area (Å²) in [7, 11) is 0. The fraction of sp³-hybridized carbons (Fsp3) is 0.125. The summed E-state index contributed by atoms with van der Waals surface area (Å²) in [4.78, 5) is 36.0. The summed E-state index contributed by atoms with van der Waals surface area (Å²) in [5.74, 6) is -0.301. The molecular formula is C16H12BrN3O5. The van der Waals surface area contributed by atoms with Crippen molar-refractivity contribution in [3.05, 3.63) is 57.1 Å². The van der Waals surface area contributed by atoms with Crippen molar-refractivity contribution in [3.8, 4) is 5.75 Å². The van der Waals surface area contributed by atoms with E-state index in [0.717, 1.165) is 0 Å². The Labute approximate surface area is 150 Å². The standard InChI is InChI=1S/C16H12BrN3O5/c17-11-6-5-10(20(23)24)7-12(11)18-15(21)8-19-13-3-1-2-4-14(13)25-9-16(19)22/h1-7H,8-9H2,(H,18,21). The zero-order valence-corrected chi connectivity index (χ0v) is 14.4. The molecule has 1 heterocycles. The predicted molar refractivity (Wildman–Crippen MR) is 93.7 cm³/mol. The first-order valence-electron chi connectivity index (χ1n) is 7.21. The number of carbonyl (C=O) groups is 2. The largest absolute Gasteiger partial charge is 0.482 e. The number of non-ortho nitro benzene ring substituents is 1. The number of para-hydroxylation sites is 2. The molecule has 0 saturated heterocycles. The molecule has 0 bridgehead atoms. The molecule has 0 aromatic heterocycles. The normalized spacial score (nSPS) is 13.0. The third kappa shape index (κ3) is 3.61. The van der Waals surface area contributed by atoms with Crippen LogP contribution in [-0.4, -0.2) is 29.9 Å². The van der Waals surface area contributed by atoms with E-state index in [2.05, 4.69) is 21.2 Å². The number of benzene rings is 2. The number of hydrogen-bond donors (Lipinski definition) is 1. The molecule has 128 valence electrons. The Morgan fingerprint density at radius 3 is 2.84 bits per heavy atom. The van der Waals surface area contributed by atoms with Crippen molar-refractivity contribution in [1.29, 1.82) is 0 Å². The number of anilines is 2. The van der Waals surface area contributed by atoms with Gasteiger partial charge in [-0.05, 0) is 34.1 Å². The number of fused-ring (bicyclic) bond motifs is 1. The molecule has 0 radical (unpaired) electrons. The SMILES string of the molecule is O=C(CN1C(=O)COc2ccccc21)Nc1cc([N+](=O)[O-])ccc1Br. The van der Waals surface area contributed by atoms with E-state index in [0.29, 0.717) is 15.9 Å². The van der Waals surface area contributed by atoms with Crippen LogP contribution in [0.1, 0.15) is 0 Å². The fourth-order valence-electron chi connectivity index (χ4n) is 2.38. The van der Waals surface area contributed by atoms with Crippen LogP contribution in [0, 0.1) is 10.1 Å². The lowest BCUT2D eigenvalue weighted by molar-refractivity contribution is -0.384. The predicted octanol–water partition coefficient (Wildman–Crippen LogP) is 2.72. The number of nitro groups is 1. The van der Waals surface area contributed by atoms with Crippen LogP contribution < -0.4 is 15.0 Å². The number of ether oxygens (including phenoxy) is 1. The second kappa shape index (κ2) is 6.89.